The van der Waals surface area contributed by atoms with Gasteiger partial charge >= 0.3 is 0 Å². The number of hydrogen-bond acceptors (Lipinski definition) is 4. The van der Waals surface area contributed by atoms with Crippen molar-refractivity contribution in [2.75, 3.05) is 21.3 Å². The number of carbonyl (C=O) groups excluding carboxylic acids is 1. The number of aryl methyl sites for hydroxylation is 2. The van der Waals surface area contributed by atoms with Crippen LogP contribution in [0.15, 0.2) is 30.3 Å². The number of methoxy groups -OCH3 is 3. The van der Waals surface area contributed by atoms with E-state index in [0.29, 0.717) is 30.2 Å². The first-order valence-corrected chi connectivity index (χ1v) is 8.10. The number of ether oxygens (including phenoxy) is 3. The van der Waals surface area contributed by atoms with E-state index in [4.69, 9.17) is 14.2 Å². The third-order valence-corrected chi connectivity index (χ3v) is 4.11. The number of benzene rings is 2. The highest BCUT2D eigenvalue weighted by Gasteiger charge is 2.16. The molecule has 0 saturated carbocycles. The van der Waals surface area contributed by atoms with E-state index in [0.717, 1.165) is 16.7 Å². The van der Waals surface area contributed by atoms with Gasteiger partial charge < -0.3 is 19.5 Å². The molecule has 0 spiro atoms. The molecule has 0 aliphatic carbocycles. The van der Waals surface area contributed by atoms with Crippen molar-refractivity contribution >= 4 is 5.91 Å². The maximum Gasteiger partial charge on any atom is 0.224 e. The average Bonchev–Trinajstić information content (AvgIpc) is 2.61. The van der Waals surface area contributed by atoms with Crippen LogP contribution in [0, 0.1) is 13.8 Å². The molecule has 2 aromatic rings. The second kappa shape index (κ2) is 8.42. The van der Waals surface area contributed by atoms with Gasteiger partial charge in [0.25, 0.3) is 0 Å². The van der Waals surface area contributed by atoms with Crippen LogP contribution in [0.25, 0.3) is 0 Å². The minimum absolute atomic E-state index is 0.0382. The highest BCUT2D eigenvalue weighted by atomic mass is 16.5. The Labute approximate surface area is 148 Å². The van der Waals surface area contributed by atoms with Gasteiger partial charge in [-0.15, -0.1) is 0 Å². The Morgan fingerprint density at radius 1 is 0.920 bits per heavy atom. The first-order valence-electron chi connectivity index (χ1n) is 8.10. The molecule has 0 aliphatic heterocycles. The smallest absolute Gasteiger partial charge is 0.224 e. The van der Waals surface area contributed by atoms with Gasteiger partial charge in [0.05, 0.1) is 27.8 Å². The van der Waals surface area contributed by atoms with Gasteiger partial charge in [-0.05, 0) is 37.1 Å². The monoisotopic (exact) mass is 343 g/mol. The van der Waals surface area contributed by atoms with Gasteiger partial charge in [-0.25, -0.2) is 0 Å². The van der Waals surface area contributed by atoms with Crippen molar-refractivity contribution < 1.29 is 19.0 Å². The maximum absolute atomic E-state index is 12.3. The third-order valence-electron chi connectivity index (χ3n) is 4.11. The van der Waals surface area contributed by atoms with Crippen LogP contribution in [0.1, 0.15) is 22.3 Å². The van der Waals surface area contributed by atoms with Crippen LogP contribution in [0.5, 0.6) is 17.2 Å². The molecule has 2 aromatic carbocycles. The molecular weight excluding hydrogens is 318 g/mol. The largest absolute Gasteiger partial charge is 0.493 e. The van der Waals surface area contributed by atoms with Crippen LogP contribution >= 0.6 is 0 Å². The Bertz CT molecular complexity index is 756. The molecule has 0 heterocycles. The molecule has 0 aliphatic rings. The summed E-state index contributed by atoms with van der Waals surface area (Å²) in [5.41, 5.74) is 4.17. The van der Waals surface area contributed by atoms with Crippen LogP contribution in [-0.4, -0.2) is 27.2 Å². The van der Waals surface area contributed by atoms with Crippen molar-refractivity contribution in [3.63, 3.8) is 0 Å². The van der Waals surface area contributed by atoms with Crippen molar-refractivity contribution in [3.05, 3.63) is 52.6 Å². The van der Waals surface area contributed by atoms with E-state index in [-0.39, 0.29) is 5.91 Å². The van der Waals surface area contributed by atoms with Crippen molar-refractivity contribution in [1.29, 1.82) is 0 Å². The van der Waals surface area contributed by atoms with E-state index in [1.165, 1.54) is 5.56 Å². The number of carbonyl (C=O) groups is 1. The Balaban J connectivity index is 2.09. The van der Waals surface area contributed by atoms with Gasteiger partial charge in [-0.3, -0.25) is 4.79 Å². The SMILES string of the molecule is COc1ccc(CNC(=O)Cc2ccc(C)cc2C)c(OC)c1OC. The Kier molecular flexibility index (Phi) is 6.28. The first-order chi connectivity index (χ1) is 12.0. The second-order valence-electron chi connectivity index (χ2n) is 5.88. The Morgan fingerprint density at radius 2 is 1.60 bits per heavy atom. The average molecular weight is 343 g/mol. The van der Waals surface area contributed by atoms with E-state index >= 15 is 0 Å². The lowest BCUT2D eigenvalue weighted by Crippen LogP contribution is -2.25. The van der Waals surface area contributed by atoms with Gasteiger partial charge in [0.2, 0.25) is 11.7 Å². The van der Waals surface area contributed by atoms with Gasteiger partial charge in [-0.1, -0.05) is 23.8 Å². The zero-order valence-electron chi connectivity index (χ0n) is 15.4. The van der Waals surface area contributed by atoms with Gasteiger partial charge in [0, 0.05) is 12.1 Å². The van der Waals surface area contributed by atoms with Gasteiger partial charge in [-0.2, -0.15) is 0 Å². The van der Waals surface area contributed by atoms with E-state index in [2.05, 4.69) is 11.4 Å². The highest BCUT2D eigenvalue weighted by molar-refractivity contribution is 5.79. The van der Waals surface area contributed by atoms with E-state index in [1.807, 2.05) is 32.0 Å². The zero-order chi connectivity index (χ0) is 18.4. The summed E-state index contributed by atoms with van der Waals surface area (Å²) in [5, 5.41) is 2.94. The minimum atomic E-state index is -0.0382. The summed E-state index contributed by atoms with van der Waals surface area (Å²) < 4.78 is 16.1. The van der Waals surface area contributed by atoms with Crippen LogP contribution in [0.2, 0.25) is 0 Å². The number of nitrogens with one attached hydrogen (secondary N) is 1. The fourth-order valence-corrected chi connectivity index (χ4v) is 2.78. The third kappa shape index (κ3) is 4.44. The minimum Gasteiger partial charge on any atom is -0.493 e. The summed E-state index contributed by atoms with van der Waals surface area (Å²) in [5.74, 6) is 1.63. The van der Waals surface area contributed by atoms with Gasteiger partial charge in [0.15, 0.2) is 11.5 Å². The normalized spacial score (nSPS) is 10.3. The lowest BCUT2D eigenvalue weighted by Gasteiger charge is -2.16. The van der Waals surface area contributed by atoms with Crippen LogP contribution in [-0.2, 0) is 17.8 Å². The summed E-state index contributed by atoms with van der Waals surface area (Å²) in [4.78, 5) is 12.3. The lowest BCUT2D eigenvalue weighted by atomic mass is 10.0. The fraction of sp³-hybridized carbons (Fsp3) is 0.350. The van der Waals surface area contributed by atoms with Crippen molar-refractivity contribution in [1.82, 2.24) is 5.32 Å². The highest BCUT2D eigenvalue weighted by Crippen LogP contribution is 2.39. The fourth-order valence-electron chi connectivity index (χ4n) is 2.78. The number of hydrogen-bond donors (Lipinski definition) is 1. The van der Waals surface area contributed by atoms with E-state index in [1.54, 1.807) is 27.4 Å². The molecular formula is C20H25NO4. The molecule has 134 valence electrons. The lowest BCUT2D eigenvalue weighted by molar-refractivity contribution is -0.120. The maximum atomic E-state index is 12.3. The number of rotatable bonds is 7. The first kappa shape index (κ1) is 18.6. The molecule has 0 aromatic heterocycles. The Hall–Kier alpha value is -2.69. The van der Waals surface area contributed by atoms with E-state index in [9.17, 15) is 4.79 Å². The molecule has 0 atom stereocenters. The summed E-state index contributed by atoms with van der Waals surface area (Å²) in [6.07, 6.45) is 0.349. The molecule has 0 bridgehead atoms. The molecule has 0 unspecified atom stereocenters. The zero-order valence-corrected chi connectivity index (χ0v) is 15.4. The Morgan fingerprint density at radius 3 is 2.20 bits per heavy atom. The molecule has 0 saturated heterocycles. The summed E-state index contributed by atoms with van der Waals surface area (Å²) in [7, 11) is 4.70. The van der Waals surface area contributed by atoms with Crippen LogP contribution in [0.3, 0.4) is 0 Å². The number of amides is 1. The predicted molar refractivity (Wildman–Crippen MR) is 97.6 cm³/mol. The quantitative estimate of drug-likeness (QED) is 0.839. The molecule has 2 rings (SSSR count). The molecule has 25 heavy (non-hydrogen) atoms. The molecule has 1 amide bonds. The summed E-state index contributed by atoms with van der Waals surface area (Å²) in [6, 6.07) is 9.76. The second-order valence-corrected chi connectivity index (χ2v) is 5.88. The topological polar surface area (TPSA) is 56.8 Å². The standard InChI is InChI=1S/C20H25NO4/c1-13-6-7-15(14(2)10-13)11-18(22)21-12-16-8-9-17(23-3)20(25-5)19(16)24-4/h6-10H,11-12H2,1-5H3,(H,21,22). The molecule has 0 radical (unpaired) electrons. The molecule has 5 nitrogen and oxygen atoms in total. The van der Waals surface area contributed by atoms with Crippen molar-refractivity contribution in [3.8, 4) is 17.2 Å². The summed E-state index contributed by atoms with van der Waals surface area (Å²) >= 11 is 0. The summed E-state index contributed by atoms with van der Waals surface area (Å²) in [6.45, 7) is 4.42. The van der Waals surface area contributed by atoms with Crippen molar-refractivity contribution in [2.24, 2.45) is 0 Å². The molecule has 5 heteroatoms. The van der Waals surface area contributed by atoms with Crippen LogP contribution < -0.4 is 19.5 Å². The van der Waals surface area contributed by atoms with E-state index < -0.39 is 0 Å². The van der Waals surface area contributed by atoms with Crippen molar-refractivity contribution in [2.45, 2.75) is 26.8 Å². The molecule has 1 N–H and O–H groups in total. The van der Waals surface area contributed by atoms with Gasteiger partial charge in [0.1, 0.15) is 0 Å². The predicted octanol–water partition coefficient (Wildman–Crippen LogP) is 3.19. The molecule has 0 fully saturated rings. The van der Waals surface area contributed by atoms with Crippen LogP contribution in [0.4, 0.5) is 0 Å².